The maximum Gasteiger partial charge on any atom is 0.262 e. The van der Waals surface area contributed by atoms with Crippen LogP contribution in [0.15, 0.2) is 58.5 Å². The minimum atomic E-state index is -0.463. The number of hydrogen-bond donors (Lipinski definition) is 1. The second-order valence-electron chi connectivity index (χ2n) is 7.99. The first-order valence-electron chi connectivity index (χ1n) is 11.0. The van der Waals surface area contributed by atoms with Crippen LogP contribution in [-0.4, -0.2) is 30.3 Å². The Balaban J connectivity index is 1.63. The van der Waals surface area contributed by atoms with E-state index in [2.05, 4.69) is 22.4 Å². The summed E-state index contributed by atoms with van der Waals surface area (Å²) in [6.07, 6.45) is 1.80. The van der Waals surface area contributed by atoms with Gasteiger partial charge in [0.05, 0.1) is 22.2 Å². The predicted octanol–water partition coefficient (Wildman–Crippen LogP) is 4.34. The van der Waals surface area contributed by atoms with E-state index in [-0.39, 0.29) is 23.3 Å². The average Bonchev–Trinajstić information content (AvgIpc) is 3.22. The van der Waals surface area contributed by atoms with Gasteiger partial charge in [0.15, 0.2) is 5.16 Å². The highest BCUT2D eigenvalue weighted by Gasteiger charge is 2.22. The molecule has 4 aromatic rings. The topological polar surface area (TPSA) is 81.3 Å². The van der Waals surface area contributed by atoms with Crippen molar-refractivity contribution in [1.82, 2.24) is 24.5 Å². The van der Waals surface area contributed by atoms with Gasteiger partial charge in [-0.2, -0.15) is 0 Å². The molecule has 0 aliphatic rings. The molecule has 0 fully saturated rings. The summed E-state index contributed by atoms with van der Waals surface area (Å²) in [5, 5.41) is 12.3. The smallest absolute Gasteiger partial charge is 0.262 e. The van der Waals surface area contributed by atoms with Crippen molar-refractivity contribution in [3.05, 3.63) is 70.3 Å². The largest absolute Gasteiger partial charge is 0.349 e. The zero-order valence-corrected chi connectivity index (χ0v) is 19.6. The molecule has 2 atom stereocenters. The van der Waals surface area contributed by atoms with E-state index in [9.17, 15) is 14.0 Å². The lowest BCUT2D eigenvalue weighted by atomic mass is 10.1. The number of aromatic nitrogens is 4. The van der Waals surface area contributed by atoms with Gasteiger partial charge in [-0.25, -0.2) is 4.39 Å². The molecule has 0 radical (unpaired) electrons. The number of carbonyl (C=O) groups excluding carboxylic acids is 1. The number of unbranched alkanes of at least 4 members (excludes halogenated alkanes) is 1. The number of rotatable bonds is 8. The molecule has 9 heteroatoms. The number of para-hydroxylation sites is 1. The van der Waals surface area contributed by atoms with Crippen LogP contribution in [0.25, 0.3) is 16.7 Å². The van der Waals surface area contributed by atoms with Gasteiger partial charge < -0.3 is 5.32 Å². The van der Waals surface area contributed by atoms with Crippen molar-refractivity contribution < 1.29 is 9.18 Å². The molecule has 33 heavy (non-hydrogen) atoms. The number of amides is 1. The Hall–Kier alpha value is -3.20. The van der Waals surface area contributed by atoms with Crippen molar-refractivity contribution in [1.29, 1.82) is 0 Å². The van der Waals surface area contributed by atoms with Crippen LogP contribution in [0.5, 0.6) is 0 Å². The summed E-state index contributed by atoms with van der Waals surface area (Å²) in [6.45, 7) is 6.28. The number of carbonyl (C=O) groups is 1. The van der Waals surface area contributed by atoms with Gasteiger partial charge in [-0.05, 0) is 50.1 Å². The first-order chi connectivity index (χ1) is 15.9. The fourth-order valence-corrected chi connectivity index (χ4v) is 4.57. The van der Waals surface area contributed by atoms with Crippen LogP contribution in [0.3, 0.4) is 0 Å². The Morgan fingerprint density at radius 1 is 1.12 bits per heavy atom. The third-order valence-electron chi connectivity index (χ3n) is 5.59. The van der Waals surface area contributed by atoms with Crippen molar-refractivity contribution in [3.8, 4) is 0 Å². The summed E-state index contributed by atoms with van der Waals surface area (Å²) in [4.78, 5) is 25.9. The van der Waals surface area contributed by atoms with Crippen LogP contribution in [0.4, 0.5) is 4.39 Å². The van der Waals surface area contributed by atoms with Crippen molar-refractivity contribution in [2.45, 2.75) is 56.6 Å². The monoisotopic (exact) mass is 467 g/mol. The zero-order valence-electron chi connectivity index (χ0n) is 18.8. The summed E-state index contributed by atoms with van der Waals surface area (Å²) in [5.41, 5.74) is 1.44. The summed E-state index contributed by atoms with van der Waals surface area (Å²) >= 11 is 1.28. The van der Waals surface area contributed by atoms with Crippen molar-refractivity contribution in [2.75, 3.05) is 0 Å². The Bertz CT molecular complexity index is 1350. The standard InChI is InChI=1S/C24H26FN5O2S/c1-4-5-14-29-22(32)19-8-6-7-9-20(19)30-23(29)27-28-24(30)33-16(3)21(31)26-15(2)17-10-12-18(25)13-11-17/h6-13,15-16H,4-5,14H2,1-3H3,(H,26,31). The lowest BCUT2D eigenvalue weighted by molar-refractivity contribution is -0.120. The number of halogens is 1. The molecule has 0 aliphatic heterocycles. The van der Waals surface area contributed by atoms with Crippen LogP contribution >= 0.6 is 11.8 Å². The zero-order chi connectivity index (χ0) is 23.5. The van der Waals surface area contributed by atoms with Gasteiger partial charge >= 0.3 is 0 Å². The Morgan fingerprint density at radius 2 is 1.85 bits per heavy atom. The highest BCUT2D eigenvalue weighted by molar-refractivity contribution is 8.00. The number of thioether (sulfide) groups is 1. The second-order valence-corrected chi connectivity index (χ2v) is 9.30. The van der Waals surface area contributed by atoms with Gasteiger partial charge in [0.1, 0.15) is 5.82 Å². The van der Waals surface area contributed by atoms with Crippen LogP contribution in [-0.2, 0) is 11.3 Å². The molecule has 2 unspecified atom stereocenters. The molecule has 2 aromatic heterocycles. The van der Waals surface area contributed by atoms with E-state index in [1.165, 1.54) is 23.9 Å². The van der Waals surface area contributed by atoms with E-state index in [0.29, 0.717) is 28.4 Å². The van der Waals surface area contributed by atoms with Crippen LogP contribution in [0.1, 0.15) is 45.2 Å². The van der Waals surface area contributed by atoms with Gasteiger partial charge in [-0.15, -0.1) is 10.2 Å². The van der Waals surface area contributed by atoms with E-state index in [4.69, 9.17) is 0 Å². The number of nitrogens with zero attached hydrogens (tertiary/aromatic N) is 4. The maximum absolute atomic E-state index is 13.2. The van der Waals surface area contributed by atoms with E-state index >= 15 is 0 Å². The van der Waals surface area contributed by atoms with E-state index < -0.39 is 5.25 Å². The van der Waals surface area contributed by atoms with E-state index in [1.807, 2.05) is 29.5 Å². The van der Waals surface area contributed by atoms with Gasteiger partial charge in [0.2, 0.25) is 11.7 Å². The summed E-state index contributed by atoms with van der Waals surface area (Å²) in [7, 11) is 0. The number of fused-ring (bicyclic) bond motifs is 3. The molecule has 0 spiro atoms. The Labute approximate surface area is 195 Å². The minimum Gasteiger partial charge on any atom is -0.349 e. The van der Waals surface area contributed by atoms with E-state index in [1.54, 1.807) is 29.7 Å². The van der Waals surface area contributed by atoms with Crippen LogP contribution < -0.4 is 10.9 Å². The molecule has 0 bridgehead atoms. The maximum atomic E-state index is 13.2. The molecule has 0 saturated carbocycles. The van der Waals surface area contributed by atoms with Gasteiger partial charge in [0.25, 0.3) is 5.56 Å². The molecular weight excluding hydrogens is 441 g/mol. The Morgan fingerprint density at radius 3 is 2.58 bits per heavy atom. The molecule has 172 valence electrons. The third kappa shape index (κ3) is 4.64. The highest BCUT2D eigenvalue weighted by atomic mass is 32.2. The lowest BCUT2D eigenvalue weighted by Gasteiger charge is -2.17. The first-order valence-corrected chi connectivity index (χ1v) is 11.9. The molecule has 0 saturated heterocycles. The number of aryl methyl sites for hydroxylation is 1. The van der Waals surface area contributed by atoms with Gasteiger partial charge in [-0.1, -0.05) is 49.4 Å². The van der Waals surface area contributed by atoms with Crippen LogP contribution in [0, 0.1) is 5.82 Å². The summed E-state index contributed by atoms with van der Waals surface area (Å²) in [6, 6.07) is 13.2. The highest BCUT2D eigenvalue weighted by Crippen LogP contribution is 2.26. The average molecular weight is 468 g/mol. The molecule has 4 rings (SSSR count). The minimum absolute atomic E-state index is 0.0885. The Kier molecular flexibility index (Phi) is 6.78. The molecule has 1 amide bonds. The molecule has 0 aliphatic carbocycles. The van der Waals surface area contributed by atoms with Gasteiger partial charge in [-0.3, -0.25) is 18.6 Å². The first kappa shape index (κ1) is 23.0. The van der Waals surface area contributed by atoms with Crippen LogP contribution in [0.2, 0.25) is 0 Å². The van der Waals surface area contributed by atoms with Crippen molar-refractivity contribution in [2.24, 2.45) is 0 Å². The number of benzene rings is 2. The molecule has 2 aromatic carbocycles. The quantitative estimate of drug-likeness (QED) is 0.390. The predicted molar refractivity (Wildman–Crippen MR) is 128 cm³/mol. The summed E-state index contributed by atoms with van der Waals surface area (Å²) < 4.78 is 16.7. The third-order valence-corrected chi connectivity index (χ3v) is 6.64. The fourth-order valence-electron chi connectivity index (χ4n) is 3.70. The van der Waals surface area contributed by atoms with Gasteiger partial charge in [0, 0.05) is 6.54 Å². The molecular formula is C24H26FN5O2S. The SMILES string of the molecule is CCCCn1c(=O)c2ccccc2n2c(SC(C)C(=O)NC(C)c3ccc(F)cc3)nnc12. The van der Waals surface area contributed by atoms with Crippen molar-refractivity contribution >= 4 is 34.3 Å². The number of hydrogen-bond acceptors (Lipinski definition) is 5. The van der Waals surface area contributed by atoms with E-state index in [0.717, 1.165) is 18.4 Å². The molecule has 1 N–H and O–H groups in total. The lowest BCUT2D eigenvalue weighted by Crippen LogP contribution is -2.33. The molecule has 7 nitrogen and oxygen atoms in total. The fraction of sp³-hybridized carbons (Fsp3) is 0.333. The number of nitrogens with one attached hydrogen (secondary N) is 1. The summed E-state index contributed by atoms with van der Waals surface area (Å²) in [5.74, 6) is -0.0105. The second kappa shape index (κ2) is 9.74. The normalized spacial score (nSPS) is 13.3. The molecule has 2 heterocycles. The van der Waals surface area contributed by atoms with Crippen molar-refractivity contribution in [3.63, 3.8) is 0 Å².